The lowest BCUT2D eigenvalue weighted by Gasteiger charge is -2.27. The van der Waals surface area contributed by atoms with Crippen LogP contribution in [0.5, 0.6) is 0 Å². The van der Waals surface area contributed by atoms with Crippen LogP contribution < -0.4 is 10.6 Å². The highest BCUT2D eigenvalue weighted by Gasteiger charge is 2.21. The molecule has 2 N–H and O–H groups in total. The second-order valence-electron chi connectivity index (χ2n) is 6.40. The standard InChI is InChI=1S/C20H21N5O2S/c21-18(26)16-8-6-15(7-9-16)14-28-20-23-22-19(24-10-12-27-13-11-24)25(20)17-4-2-1-3-5-17/h1-9H,10-14H2,(H2,21,26). The maximum Gasteiger partial charge on any atom is 0.248 e. The van der Waals surface area contributed by atoms with Crippen LogP contribution in [0.25, 0.3) is 5.69 Å². The molecule has 0 aliphatic carbocycles. The van der Waals surface area contributed by atoms with Crippen molar-refractivity contribution in [3.05, 3.63) is 65.7 Å². The fourth-order valence-electron chi connectivity index (χ4n) is 3.04. The number of carbonyl (C=O) groups excluding carboxylic acids is 1. The highest BCUT2D eigenvalue weighted by atomic mass is 32.2. The first kappa shape index (κ1) is 18.5. The van der Waals surface area contributed by atoms with Crippen LogP contribution in [-0.2, 0) is 10.5 Å². The molecule has 8 heteroatoms. The third kappa shape index (κ3) is 4.02. The molecule has 1 fully saturated rings. The van der Waals surface area contributed by atoms with Gasteiger partial charge in [-0.2, -0.15) is 0 Å². The average molecular weight is 395 g/mol. The zero-order valence-electron chi connectivity index (χ0n) is 15.3. The summed E-state index contributed by atoms with van der Waals surface area (Å²) in [5.74, 6) is 1.13. The molecule has 0 bridgehead atoms. The summed E-state index contributed by atoms with van der Waals surface area (Å²) >= 11 is 1.61. The van der Waals surface area contributed by atoms with Crippen molar-refractivity contribution < 1.29 is 9.53 Å². The van der Waals surface area contributed by atoms with E-state index in [-0.39, 0.29) is 0 Å². The maximum atomic E-state index is 11.2. The first-order valence-electron chi connectivity index (χ1n) is 9.07. The lowest BCUT2D eigenvalue weighted by atomic mass is 10.1. The molecule has 1 amide bonds. The van der Waals surface area contributed by atoms with E-state index in [1.807, 2.05) is 30.3 Å². The minimum atomic E-state index is -0.418. The molecule has 1 saturated heterocycles. The minimum Gasteiger partial charge on any atom is -0.378 e. The lowest BCUT2D eigenvalue weighted by Crippen LogP contribution is -2.37. The molecule has 0 unspecified atom stereocenters. The molecule has 1 aromatic heterocycles. The number of primary amides is 1. The third-order valence-electron chi connectivity index (χ3n) is 4.53. The van der Waals surface area contributed by atoms with Crippen LogP contribution in [0, 0.1) is 0 Å². The van der Waals surface area contributed by atoms with E-state index in [4.69, 9.17) is 10.5 Å². The number of morpholine rings is 1. The second-order valence-corrected chi connectivity index (χ2v) is 7.35. The predicted molar refractivity (Wildman–Crippen MR) is 109 cm³/mol. The van der Waals surface area contributed by atoms with Gasteiger partial charge in [0, 0.05) is 24.4 Å². The molecule has 144 valence electrons. The lowest BCUT2D eigenvalue weighted by molar-refractivity contribution is 0.100. The van der Waals surface area contributed by atoms with Crippen LogP contribution >= 0.6 is 11.8 Å². The molecular weight excluding hydrogens is 374 g/mol. The summed E-state index contributed by atoms with van der Waals surface area (Å²) < 4.78 is 7.56. The van der Waals surface area contributed by atoms with E-state index in [1.54, 1.807) is 23.9 Å². The van der Waals surface area contributed by atoms with Gasteiger partial charge in [-0.25, -0.2) is 0 Å². The highest BCUT2D eigenvalue weighted by molar-refractivity contribution is 7.98. The fraction of sp³-hybridized carbons (Fsp3) is 0.250. The molecular formula is C20H21N5O2S. The van der Waals surface area contributed by atoms with E-state index in [2.05, 4.69) is 31.8 Å². The number of anilines is 1. The SMILES string of the molecule is NC(=O)c1ccc(CSc2nnc(N3CCOCC3)n2-c2ccccc2)cc1. The number of hydrogen-bond acceptors (Lipinski definition) is 6. The number of carbonyl (C=O) groups is 1. The van der Waals surface area contributed by atoms with Crippen LogP contribution in [0.1, 0.15) is 15.9 Å². The Morgan fingerprint density at radius 1 is 1.04 bits per heavy atom. The van der Waals surface area contributed by atoms with Crippen molar-refractivity contribution in [1.29, 1.82) is 0 Å². The molecule has 0 radical (unpaired) electrons. The third-order valence-corrected chi connectivity index (χ3v) is 5.53. The predicted octanol–water partition coefficient (Wildman–Crippen LogP) is 2.50. The summed E-state index contributed by atoms with van der Waals surface area (Å²) in [4.78, 5) is 13.4. The minimum absolute atomic E-state index is 0.418. The molecule has 0 atom stereocenters. The van der Waals surface area contributed by atoms with Crippen molar-refractivity contribution in [3.8, 4) is 5.69 Å². The molecule has 1 aliphatic heterocycles. The Kier molecular flexibility index (Phi) is 5.59. The zero-order valence-corrected chi connectivity index (χ0v) is 16.1. The van der Waals surface area contributed by atoms with Gasteiger partial charge in [0.1, 0.15) is 0 Å². The quantitative estimate of drug-likeness (QED) is 0.646. The summed E-state index contributed by atoms with van der Waals surface area (Å²) in [6.07, 6.45) is 0. The Labute approximate surface area is 167 Å². The molecule has 3 aromatic rings. The van der Waals surface area contributed by atoms with Crippen molar-refractivity contribution in [2.75, 3.05) is 31.2 Å². The van der Waals surface area contributed by atoms with Gasteiger partial charge in [0.05, 0.1) is 18.9 Å². The van der Waals surface area contributed by atoms with Gasteiger partial charge in [-0.15, -0.1) is 10.2 Å². The summed E-state index contributed by atoms with van der Waals surface area (Å²) in [7, 11) is 0. The molecule has 0 spiro atoms. The number of thioether (sulfide) groups is 1. The van der Waals surface area contributed by atoms with Gasteiger partial charge in [0.15, 0.2) is 5.16 Å². The van der Waals surface area contributed by atoms with Crippen LogP contribution in [0.3, 0.4) is 0 Å². The molecule has 2 aromatic carbocycles. The highest BCUT2D eigenvalue weighted by Crippen LogP contribution is 2.29. The molecule has 4 rings (SSSR count). The number of ether oxygens (including phenoxy) is 1. The Morgan fingerprint density at radius 3 is 2.43 bits per heavy atom. The number of hydrogen-bond donors (Lipinski definition) is 1. The first-order chi connectivity index (χ1) is 13.7. The normalized spacial score (nSPS) is 14.2. The Balaban J connectivity index is 1.59. The summed E-state index contributed by atoms with van der Waals surface area (Å²) in [6, 6.07) is 17.5. The number of para-hydroxylation sites is 1. The van der Waals surface area contributed by atoms with E-state index in [0.29, 0.717) is 24.5 Å². The van der Waals surface area contributed by atoms with Gasteiger partial charge in [-0.1, -0.05) is 42.1 Å². The Hall–Kier alpha value is -2.84. The number of nitrogens with two attached hydrogens (primary N) is 1. The van der Waals surface area contributed by atoms with Gasteiger partial charge in [-0.3, -0.25) is 9.36 Å². The molecule has 1 aliphatic rings. The van der Waals surface area contributed by atoms with Crippen LogP contribution in [-0.4, -0.2) is 47.0 Å². The van der Waals surface area contributed by atoms with Crippen LogP contribution in [0.15, 0.2) is 59.8 Å². The first-order valence-corrected chi connectivity index (χ1v) is 10.1. The smallest absolute Gasteiger partial charge is 0.248 e. The molecule has 0 saturated carbocycles. The second kappa shape index (κ2) is 8.45. The van der Waals surface area contributed by atoms with E-state index < -0.39 is 5.91 Å². The zero-order chi connectivity index (χ0) is 19.3. The summed E-state index contributed by atoms with van der Waals surface area (Å²) in [5, 5.41) is 9.74. The van der Waals surface area contributed by atoms with Gasteiger partial charge in [0.25, 0.3) is 0 Å². The van der Waals surface area contributed by atoms with Crippen molar-refractivity contribution in [1.82, 2.24) is 14.8 Å². The number of rotatable bonds is 6. The fourth-order valence-corrected chi connectivity index (χ4v) is 3.94. The molecule has 28 heavy (non-hydrogen) atoms. The van der Waals surface area contributed by atoms with E-state index in [0.717, 1.165) is 35.4 Å². The largest absolute Gasteiger partial charge is 0.378 e. The summed E-state index contributed by atoms with van der Waals surface area (Å²) in [5.41, 5.74) is 7.93. The Bertz CT molecular complexity index is 937. The topological polar surface area (TPSA) is 86.3 Å². The Morgan fingerprint density at radius 2 is 1.75 bits per heavy atom. The maximum absolute atomic E-state index is 11.2. The van der Waals surface area contributed by atoms with Crippen molar-refractivity contribution >= 4 is 23.6 Å². The average Bonchev–Trinajstić information content (AvgIpc) is 3.18. The van der Waals surface area contributed by atoms with E-state index in [9.17, 15) is 4.79 Å². The van der Waals surface area contributed by atoms with Crippen LogP contribution in [0.2, 0.25) is 0 Å². The molecule has 2 heterocycles. The summed E-state index contributed by atoms with van der Waals surface area (Å²) in [6.45, 7) is 2.97. The van der Waals surface area contributed by atoms with Crippen molar-refractivity contribution in [3.63, 3.8) is 0 Å². The number of benzene rings is 2. The number of amides is 1. The van der Waals surface area contributed by atoms with Gasteiger partial charge in [0.2, 0.25) is 11.9 Å². The van der Waals surface area contributed by atoms with Gasteiger partial charge >= 0.3 is 0 Å². The number of nitrogens with zero attached hydrogens (tertiary/aromatic N) is 4. The van der Waals surface area contributed by atoms with Crippen molar-refractivity contribution in [2.24, 2.45) is 5.73 Å². The van der Waals surface area contributed by atoms with Gasteiger partial charge in [-0.05, 0) is 29.8 Å². The molecule has 7 nitrogen and oxygen atoms in total. The van der Waals surface area contributed by atoms with Crippen LogP contribution in [0.4, 0.5) is 5.95 Å². The monoisotopic (exact) mass is 395 g/mol. The van der Waals surface area contributed by atoms with Gasteiger partial charge < -0.3 is 15.4 Å². The van der Waals surface area contributed by atoms with E-state index in [1.165, 1.54) is 0 Å². The van der Waals surface area contributed by atoms with E-state index >= 15 is 0 Å². The number of aromatic nitrogens is 3. The van der Waals surface area contributed by atoms with Crippen molar-refractivity contribution in [2.45, 2.75) is 10.9 Å².